The number of aromatic amines is 1. The second kappa shape index (κ2) is 11.3. The molecule has 0 radical (unpaired) electrons. The minimum atomic E-state index is -2.59. The smallest absolute Gasteiger partial charge is 0.268 e. The van der Waals surface area contributed by atoms with E-state index in [1.54, 1.807) is 0 Å². The van der Waals surface area contributed by atoms with Crippen LogP contribution in [0.3, 0.4) is 0 Å². The summed E-state index contributed by atoms with van der Waals surface area (Å²) in [6.45, 7) is 7.56. The lowest BCUT2D eigenvalue weighted by atomic mass is 9.83. The van der Waals surface area contributed by atoms with Crippen LogP contribution < -0.4 is 21.4 Å². The van der Waals surface area contributed by atoms with Gasteiger partial charge in [-0.3, -0.25) is 4.79 Å². The van der Waals surface area contributed by atoms with Gasteiger partial charge < -0.3 is 20.5 Å². The van der Waals surface area contributed by atoms with E-state index in [-0.39, 0.29) is 23.0 Å². The molecule has 0 saturated heterocycles. The van der Waals surface area contributed by atoms with Crippen LogP contribution in [0.2, 0.25) is 10.1 Å². The molecule has 0 bridgehead atoms. The van der Waals surface area contributed by atoms with E-state index in [0.717, 1.165) is 30.2 Å². The molecule has 3 atom stereocenters. The van der Waals surface area contributed by atoms with Crippen LogP contribution in [0, 0.1) is 5.92 Å². The predicted octanol–water partition coefficient (Wildman–Crippen LogP) is 5.62. The third-order valence-electron chi connectivity index (χ3n) is 8.10. The number of hydrogen-bond acceptors (Lipinski definition) is 3. The third-order valence-corrected chi connectivity index (χ3v) is 13.3. The molecule has 4 N–H and O–H groups in total. The maximum absolute atomic E-state index is 13.0. The molecular weight excluding hydrogens is 522 g/mol. The van der Waals surface area contributed by atoms with Gasteiger partial charge in [-0.2, -0.15) is 0 Å². The molecule has 39 heavy (non-hydrogen) atoms. The van der Waals surface area contributed by atoms with E-state index in [2.05, 4.69) is 91.7 Å². The van der Waals surface area contributed by atoms with E-state index in [9.17, 15) is 4.79 Å². The number of carbonyl (C=O) groups excluding carboxylic acids is 1. The molecule has 3 unspecified atom stereocenters. The van der Waals surface area contributed by atoms with Gasteiger partial charge in [0.2, 0.25) is 0 Å². The fourth-order valence-electron chi connectivity index (χ4n) is 6.10. The van der Waals surface area contributed by atoms with Gasteiger partial charge in [0.1, 0.15) is 5.69 Å². The zero-order valence-corrected chi connectivity index (χ0v) is 24.7. The van der Waals surface area contributed by atoms with Crippen molar-refractivity contribution in [2.45, 2.75) is 57.2 Å². The first-order chi connectivity index (χ1) is 18.7. The van der Waals surface area contributed by atoms with E-state index in [0.29, 0.717) is 23.2 Å². The minimum absolute atomic E-state index is 0.0627. The summed E-state index contributed by atoms with van der Waals surface area (Å²) in [5, 5.41) is 7.24. The highest BCUT2D eigenvalue weighted by molar-refractivity contribution is 6.99. The van der Waals surface area contributed by atoms with E-state index in [1.807, 2.05) is 24.3 Å². The van der Waals surface area contributed by atoms with Gasteiger partial charge >= 0.3 is 0 Å². The number of hydrogen-bond donors (Lipinski definition) is 3. The Hall–Kier alpha value is -2.90. The van der Waals surface area contributed by atoms with Crippen molar-refractivity contribution in [3.8, 4) is 0 Å². The van der Waals surface area contributed by atoms with E-state index in [4.69, 9.17) is 21.8 Å². The van der Waals surface area contributed by atoms with Gasteiger partial charge in [-0.25, -0.2) is 0 Å². The summed E-state index contributed by atoms with van der Waals surface area (Å²) in [7, 11) is -2.59. The average molecular weight is 560 g/mol. The fraction of sp³-hybridized carbons (Fsp3) is 0.344. The summed E-state index contributed by atoms with van der Waals surface area (Å²) in [6.07, 6.45) is 2.60. The van der Waals surface area contributed by atoms with Crippen molar-refractivity contribution in [2.24, 2.45) is 11.7 Å². The molecule has 0 spiro atoms. The molecule has 7 heteroatoms. The molecule has 1 aromatic heterocycles. The van der Waals surface area contributed by atoms with Crippen molar-refractivity contribution in [1.82, 2.24) is 10.3 Å². The lowest BCUT2D eigenvalue weighted by molar-refractivity contribution is 0.0899. The normalized spacial score (nSPS) is 20.2. The van der Waals surface area contributed by atoms with Gasteiger partial charge in [-0.1, -0.05) is 93.0 Å². The Morgan fingerprint density at radius 1 is 1.00 bits per heavy atom. The van der Waals surface area contributed by atoms with Crippen LogP contribution in [0.1, 0.15) is 50.5 Å². The monoisotopic (exact) mass is 559 g/mol. The van der Waals surface area contributed by atoms with Crippen LogP contribution in [0.15, 0.2) is 84.9 Å². The van der Waals surface area contributed by atoms with Gasteiger partial charge in [-0.15, -0.1) is 0 Å². The molecule has 5 nitrogen and oxygen atoms in total. The summed E-state index contributed by atoms with van der Waals surface area (Å²) in [5.74, 6) is 0.204. The number of benzene rings is 3. The van der Waals surface area contributed by atoms with Crippen LogP contribution in [0.25, 0.3) is 10.9 Å². The van der Waals surface area contributed by atoms with Crippen LogP contribution in [-0.2, 0) is 4.43 Å². The summed E-state index contributed by atoms with van der Waals surface area (Å²) in [6, 6.07) is 28.7. The summed E-state index contributed by atoms with van der Waals surface area (Å²) < 4.78 is 7.16. The molecule has 5 rings (SSSR count). The number of halogens is 1. The first-order valence-corrected chi connectivity index (χ1v) is 16.1. The maximum Gasteiger partial charge on any atom is 0.268 e. The molecule has 4 aromatic rings. The summed E-state index contributed by atoms with van der Waals surface area (Å²) in [4.78, 5) is 16.2. The number of carbonyl (C=O) groups is 1. The Bertz CT molecular complexity index is 1380. The Kier molecular flexibility index (Phi) is 8.01. The minimum Gasteiger partial charge on any atom is -0.407 e. The second-order valence-corrected chi connectivity index (χ2v) is 16.6. The highest BCUT2D eigenvalue weighted by Crippen LogP contribution is 2.38. The standard InChI is InChI=1S/C32H38ClN3O2Si/c1-32(2,3)39(25-10-6-4-7-11-25,26-12-8-5-9-13-26)38-21-22-14-16-29(27(34)18-22)36-31(37)30-20-23-19-24(33)15-17-28(23)35-30/h4-13,15,17,19-20,22,27,29,35H,14,16,18,21,34H2,1-3H3,(H,36,37). The maximum atomic E-state index is 13.0. The van der Waals surface area contributed by atoms with Crippen molar-refractivity contribution in [3.63, 3.8) is 0 Å². The van der Waals surface area contributed by atoms with E-state index in [1.165, 1.54) is 10.4 Å². The van der Waals surface area contributed by atoms with E-state index < -0.39 is 8.32 Å². The van der Waals surface area contributed by atoms with Crippen LogP contribution in [0.4, 0.5) is 0 Å². The Balaban J connectivity index is 1.28. The second-order valence-electron chi connectivity index (χ2n) is 11.8. The Morgan fingerprint density at radius 3 is 2.23 bits per heavy atom. The zero-order valence-electron chi connectivity index (χ0n) is 22.9. The largest absolute Gasteiger partial charge is 0.407 e. The first-order valence-electron chi connectivity index (χ1n) is 13.8. The fourth-order valence-corrected chi connectivity index (χ4v) is 10.9. The number of H-pyrrole nitrogens is 1. The number of rotatable bonds is 7. The molecule has 1 aliphatic rings. The SMILES string of the molecule is CC(C)(C)[Si](OCC1CCC(NC(=O)c2cc3cc(Cl)ccc3[nH]2)C(N)C1)(c1ccccc1)c1ccccc1. The summed E-state index contributed by atoms with van der Waals surface area (Å²) >= 11 is 6.11. The number of fused-ring (bicyclic) bond motifs is 1. The molecule has 0 aliphatic heterocycles. The van der Waals surface area contributed by atoms with Gasteiger partial charge in [0.05, 0.1) is 0 Å². The first kappa shape index (κ1) is 27.7. The van der Waals surface area contributed by atoms with Crippen molar-refractivity contribution in [1.29, 1.82) is 0 Å². The molecular formula is C32H38ClN3O2Si. The number of nitrogens with one attached hydrogen (secondary N) is 2. The van der Waals surface area contributed by atoms with Gasteiger partial charge in [0.15, 0.2) is 0 Å². The molecule has 1 heterocycles. The Labute approximate surface area is 237 Å². The molecule has 1 saturated carbocycles. The van der Waals surface area contributed by atoms with E-state index >= 15 is 0 Å². The third kappa shape index (κ3) is 5.70. The lowest BCUT2D eigenvalue weighted by Crippen LogP contribution is -2.67. The van der Waals surface area contributed by atoms with Gasteiger partial charge in [0.25, 0.3) is 14.2 Å². The van der Waals surface area contributed by atoms with Crippen LogP contribution in [-0.4, -0.2) is 37.9 Å². The van der Waals surface area contributed by atoms with Crippen molar-refractivity contribution in [2.75, 3.05) is 6.61 Å². The predicted molar refractivity (Wildman–Crippen MR) is 163 cm³/mol. The molecule has 204 valence electrons. The Morgan fingerprint density at radius 2 is 1.64 bits per heavy atom. The zero-order chi connectivity index (χ0) is 27.6. The number of aromatic nitrogens is 1. The highest BCUT2D eigenvalue weighted by atomic mass is 35.5. The van der Waals surface area contributed by atoms with Crippen molar-refractivity contribution < 1.29 is 9.22 Å². The van der Waals surface area contributed by atoms with Gasteiger partial charge in [-0.05, 0) is 64.9 Å². The van der Waals surface area contributed by atoms with Crippen molar-refractivity contribution >= 4 is 47.1 Å². The molecule has 1 aliphatic carbocycles. The molecule has 3 aromatic carbocycles. The lowest BCUT2D eigenvalue weighted by Gasteiger charge is -2.44. The van der Waals surface area contributed by atoms with Crippen LogP contribution in [0.5, 0.6) is 0 Å². The quantitative estimate of drug-likeness (QED) is 0.257. The van der Waals surface area contributed by atoms with Gasteiger partial charge in [0, 0.05) is 34.6 Å². The topological polar surface area (TPSA) is 80.1 Å². The molecule has 1 fully saturated rings. The van der Waals surface area contributed by atoms with Crippen molar-refractivity contribution in [3.05, 3.63) is 95.6 Å². The highest BCUT2D eigenvalue weighted by Gasteiger charge is 2.50. The molecule has 1 amide bonds. The van der Waals surface area contributed by atoms with Crippen LogP contribution >= 0.6 is 11.6 Å². The average Bonchev–Trinajstić information content (AvgIpc) is 3.34. The number of nitrogens with two attached hydrogens (primary N) is 1. The summed E-state index contributed by atoms with van der Waals surface area (Å²) in [5.41, 5.74) is 8.06. The number of amides is 1.